The third-order valence-electron chi connectivity index (χ3n) is 5.48. The molecule has 2 aliphatic rings. The molecule has 31 heavy (non-hydrogen) atoms. The van der Waals surface area contributed by atoms with Crippen LogP contribution in [0, 0.1) is 23.1 Å². The number of amides is 3. The molecule has 0 aromatic heterocycles. The Kier molecular flexibility index (Phi) is 7.49. The predicted octanol–water partition coefficient (Wildman–Crippen LogP) is 1.23. The van der Waals surface area contributed by atoms with Gasteiger partial charge in [-0.05, 0) is 55.7 Å². The second-order valence-corrected chi connectivity index (χ2v) is 8.15. The summed E-state index contributed by atoms with van der Waals surface area (Å²) >= 11 is 0. The Morgan fingerprint density at radius 1 is 1.03 bits per heavy atom. The Balaban J connectivity index is 1.61. The Morgan fingerprint density at radius 3 is 2.29 bits per heavy atom. The number of benzene rings is 1. The van der Waals surface area contributed by atoms with Gasteiger partial charge >= 0.3 is 0 Å². The molecule has 0 radical (unpaired) electrons. The van der Waals surface area contributed by atoms with Gasteiger partial charge in [0.15, 0.2) is 5.78 Å². The number of nitrogens with one attached hydrogen (secondary N) is 4. The molecule has 0 spiro atoms. The lowest BCUT2D eigenvalue weighted by atomic mass is 10.1. The first-order chi connectivity index (χ1) is 14.9. The quantitative estimate of drug-likeness (QED) is 0.372. The molecule has 2 fully saturated rings. The molecule has 0 aliphatic heterocycles. The Hall–Kier alpha value is -3.10. The highest BCUT2D eigenvalue weighted by molar-refractivity contribution is 6.26. The van der Waals surface area contributed by atoms with E-state index in [1.165, 1.54) is 24.3 Å². The monoisotopic (exact) mass is 430 g/mol. The Morgan fingerprint density at radius 2 is 1.71 bits per heavy atom. The molecule has 2 atom stereocenters. The number of rotatable bonds is 12. The van der Waals surface area contributed by atoms with Gasteiger partial charge in [-0.15, -0.1) is 0 Å². The second-order valence-electron chi connectivity index (χ2n) is 8.15. The van der Waals surface area contributed by atoms with Crippen molar-refractivity contribution in [3.05, 3.63) is 35.6 Å². The number of hydrogen-bond donors (Lipinski definition) is 4. The molecule has 3 rings (SSSR count). The first kappa shape index (κ1) is 22.6. The number of hydrogen-bond acceptors (Lipinski definition) is 5. The van der Waals surface area contributed by atoms with E-state index >= 15 is 0 Å². The summed E-state index contributed by atoms with van der Waals surface area (Å²) in [5.74, 6) is -1.89. The van der Waals surface area contributed by atoms with Gasteiger partial charge in [-0.25, -0.2) is 4.39 Å². The molecular weight excluding hydrogens is 403 g/mol. The minimum atomic E-state index is -0.990. The van der Waals surface area contributed by atoms with E-state index in [1.54, 1.807) is 0 Å². The first-order valence-corrected chi connectivity index (χ1v) is 10.5. The lowest BCUT2D eigenvalue weighted by Gasteiger charge is -2.23. The van der Waals surface area contributed by atoms with Gasteiger partial charge in [0.25, 0.3) is 0 Å². The third kappa shape index (κ3) is 6.97. The molecule has 1 aromatic rings. The maximum absolute atomic E-state index is 13.0. The van der Waals surface area contributed by atoms with E-state index in [2.05, 4.69) is 16.0 Å². The molecule has 3 amide bonds. The van der Waals surface area contributed by atoms with Crippen LogP contribution in [0.25, 0.3) is 0 Å². The summed E-state index contributed by atoms with van der Waals surface area (Å²) in [7, 11) is 0. The molecule has 2 aliphatic carbocycles. The fourth-order valence-electron chi connectivity index (χ4n) is 3.25. The molecule has 1 aromatic carbocycles. The zero-order valence-electron chi connectivity index (χ0n) is 17.2. The van der Waals surface area contributed by atoms with Crippen molar-refractivity contribution in [2.75, 3.05) is 0 Å². The van der Waals surface area contributed by atoms with Gasteiger partial charge in [-0.2, -0.15) is 0 Å². The average molecular weight is 430 g/mol. The molecule has 0 unspecified atom stereocenters. The largest absolute Gasteiger partial charge is 0.350 e. The standard InChI is InChI=1S/C22H27FN4O4/c23-16-7-1-13(2-8-16)12-25-21(30)18(10-9-17(28)11-24)26-22(31)19(14-3-4-14)27-20(29)15-5-6-15/h1-2,7-8,11,14-15,18-19,24H,3-6,9-10,12H2,(H,25,30)(H,26,31)(H,27,29)/t18-,19-/m0/s1. The van der Waals surface area contributed by atoms with Crippen LogP contribution in [0.3, 0.4) is 0 Å². The van der Waals surface area contributed by atoms with Crippen LogP contribution in [0.4, 0.5) is 4.39 Å². The van der Waals surface area contributed by atoms with E-state index in [4.69, 9.17) is 5.41 Å². The van der Waals surface area contributed by atoms with Crippen LogP contribution < -0.4 is 16.0 Å². The van der Waals surface area contributed by atoms with Crippen LogP contribution in [0.2, 0.25) is 0 Å². The SMILES string of the molecule is N=CC(=O)CC[C@H](NC(=O)[C@@H](NC(=O)C1CC1)C1CC1)C(=O)NCc1ccc(F)cc1. The lowest BCUT2D eigenvalue weighted by Crippen LogP contribution is -2.54. The number of halogens is 1. The lowest BCUT2D eigenvalue weighted by molar-refractivity contribution is -0.133. The van der Waals surface area contributed by atoms with Crippen molar-refractivity contribution in [1.29, 1.82) is 5.41 Å². The van der Waals surface area contributed by atoms with E-state index in [1.807, 2.05) is 0 Å². The van der Waals surface area contributed by atoms with Crippen LogP contribution in [0.1, 0.15) is 44.1 Å². The van der Waals surface area contributed by atoms with Crippen LogP contribution in [0.5, 0.6) is 0 Å². The second kappa shape index (κ2) is 10.3. The van der Waals surface area contributed by atoms with Gasteiger partial charge in [0.1, 0.15) is 17.9 Å². The minimum Gasteiger partial charge on any atom is -0.350 e. The van der Waals surface area contributed by atoms with E-state index in [0.29, 0.717) is 11.8 Å². The summed E-state index contributed by atoms with van der Waals surface area (Å²) < 4.78 is 13.0. The maximum Gasteiger partial charge on any atom is 0.243 e. The van der Waals surface area contributed by atoms with E-state index in [-0.39, 0.29) is 42.9 Å². The molecule has 2 saturated carbocycles. The van der Waals surface area contributed by atoms with Crippen molar-refractivity contribution in [2.24, 2.45) is 11.8 Å². The molecule has 8 nitrogen and oxygen atoms in total. The summed E-state index contributed by atoms with van der Waals surface area (Å²) in [5, 5.41) is 15.2. The van der Waals surface area contributed by atoms with E-state index in [9.17, 15) is 23.6 Å². The normalized spacial score (nSPS) is 17.2. The van der Waals surface area contributed by atoms with Crippen molar-refractivity contribution in [2.45, 2.75) is 57.2 Å². The van der Waals surface area contributed by atoms with Gasteiger partial charge in [-0.1, -0.05) is 12.1 Å². The Labute approximate surface area is 179 Å². The molecular formula is C22H27FN4O4. The van der Waals surface area contributed by atoms with Crippen LogP contribution in [-0.2, 0) is 25.7 Å². The highest BCUT2D eigenvalue weighted by atomic mass is 19.1. The zero-order valence-corrected chi connectivity index (χ0v) is 17.2. The van der Waals surface area contributed by atoms with Crippen molar-refractivity contribution in [3.63, 3.8) is 0 Å². The number of Topliss-reactive ketones (excluding diaryl/α,β-unsaturated/α-hetero) is 1. The summed E-state index contributed by atoms with van der Waals surface area (Å²) in [6.45, 7) is 0.133. The summed E-state index contributed by atoms with van der Waals surface area (Å²) in [6, 6.07) is 3.96. The predicted molar refractivity (Wildman–Crippen MR) is 111 cm³/mol. The van der Waals surface area contributed by atoms with Crippen molar-refractivity contribution >= 4 is 29.7 Å². The summed E-state index contributed by atoms with van der Waals surface area (Å²) in [4.78, 5) is 49.3. The van der Waals surface area contributed by atoms with E-state index < -0.39 is 29.7 Å². The average Bonchev–Trinajstić information content (AvgIpc) is 3.66. The van der Waals surface area contributed by atoms with Crippen molar-refractivity contribution < 1.29 is 23.6 Å². The zero-order chi connectivity index (χ0) is 22.4. The number of carbonyl (C=O) groups excluding carboxylic acids is 4. The fraction of sp³-hybridized carbons (Fsp3) is 0.500. The smallest absolute Gasteiger partial charge is 0.243 e. The van der Waals surface area contributed by atoms with Crippen molar-refractivity contribution in [1.82, 2.24) is 16.0 Å². The first-order valence-electron chi connectivity index (χ1n) is 10.5. The van der Waals surface area contributed by atoms with E-state index in [0.717, 1.165) is 25.7 Å². The summed E-state index contributed by atoms with van der Waals surface area (Å²) in [6.07, 6.45) is 3.95. The minimum absolute atomic E-state index is 0.0309. The molecule has 9 heteroatoms. The van der Waals surface area contributed by atoms with Crippen LogP contribution >= 0.6 is 0 Å². The highest BCUT2D eigenvalue weighted by Gasteiger charge is 2.41. The van der Waals surface area contributed by atoms with Gasteiger partial charge in [0.2, 0.25) is 17.7 Å². The molecule has 0 saturated heterocycles. The van der Waals surface area contributed by atoms with Crippen molar-refractivity contribution in [3.8, 4) is 0 Å². The van der Waals surface area contributed by atoms with Gasteiger partial charge in [0, 0.05) is 18.9 Å². The topological polar surface area (TPSA) is 128 Å². The number of ketones is 1. The van der Waals surface area contributed by atoms with Gasteiger partial charge in [-0.3, -0.25) is 19.2 Å². The fourth-order valence-corrected chi connectivity index (χ4v) is 3.25. The maximum atomic E-state index is 13.0. The molecule has 4 N–H and O–H groups in total. The summed E-state index contributed by atoms with van der Waals surface area (Å²) in [5.41, 5.74) is 0.683. The van der Waals surface area contributed by atoms with Gasteiger partial charge < -0.3 is 21.4 Å². The van der Waals surface area contributed by atoms with Crippen LogP contribution in [0.15, 0.2) is 24.3 Å². The highest BCUT2D eigenvalue weighted by Crippen LogP contribution is 2.34. The van der Waals surface area contributed by atoms with Crippen LogP contribution in [-0.4, -0.2) is 41.8 Å². The number of carbonyl (C=O) groups is 4. The molecule has 0 bridgehead atoms. The third-order valence-corrected chi connectivity index (χ3v) is 5.48. The van der Waals surface area contributed by atoms with Gasteiger partial charge in [0.05, 0.1) is 6.21 Å². The molecule has 0 heterocycles. The Bertz CT molecular complexity index is 850. The molecule has 166 valence electrons.